The van der Waals surface area contributed by atoms with Crippen LogP contribution in [0.5, 0.6) is 11.5 Å². The smallest absolute Gasteiger partial charge is 0.342 e. The molecule has 0 aromatic heterocycles. The summed E-state index contributed by atoms with van der Waals surface area (Å²) in [6.07, 6.45) is 8.79. The standard InChI is InChI=1S/C39H56O13/c1-24(18-20-33(42)46-7)17-19-31-35(47-8)27(4)32-23-50-39(45)34(32)36(31)52-38(44)26(3)16-14-12-10-9-11-13-15-25(2)37(43)51-30(21-48-28(5)40)22-49-29(6)41/h17,25-26,30H,9-16,18-23H2,1-8H3/b24-17+. The molecule has 13 heteroatoms. The Morgan fingerprint density at radius 1 is 0.788 bits per heavy atom. The van der Waals surface area contributed by atoms with E-state index < -0.39 is 41.9 Å². The third kappa shape index (κ3) is 14.3. The molecule has 2 atom stereocenters. The van der Waals surface area contributed by atoms with Crippen LogP contribution >= 0.6 is 0 Å². The molecule has 2 rings (SSSR count). The molecule has 0 amide bonds. The molecular formula is C39H56O13. The van der Waals surface area contributed by atoms with Crippen molar-refractivity contribution >= 4 is 35.8 Å². The number of benzene rings is 1. The largest absolute Gasteiger partial charge is 0.496 e. The van der Waals surface area contributed by atoms with E-state index in [2.05, 4.69) is 0 Å². The fourth-order valence-electron chi connectivity index (χ4n) is 5.76. The number of allylic oxidation sites excluding steroid dienone is 2. The maximum absolute atomic E-state index is 13.4. The number of cyclic esters (lactones) is 1. The number of carbonyl (C=O) groups is 6. The van der Waals surface area contributed by atoms with Gasteiger partial charge in [0.1, 0.15) is 31.1 Å². The first-order valence-electron chi connectivity index (χ1n) is 18.0. The molecule has 0 radical (unpaired) electrons. The Kier molecular flexibility index (Phi) is 18.9. The van der Waals surface area contributed by atoms with E-state index in [9.17, 15) is 28.8 Å². The van der Waals surface area contributed by atoms with Crippen LogP contribution < -0.4 is 9.47 Å². The number of ether oxygens (including phenoxy) is 7. The number of hydrogen-bond donors (Lipinski definition) is 0. The van der Waals surface area contributed by atoms with Gasteiger partial charge in [0, 0.05) is 31.4 Å². The molecule has 290 valence electrons. The number of rotatable bonds is 23. The van der Waals surface area contributed by atoms with Crippen molar-refractivity contribution in [1.82, 2.24) is 0 Å². The summed E-state index contributed by atoms with van der Waals surface area (Å²) < 4.78 is 37.0. The molecular weight excluding hydrogens is 676 g/mol. The monoisotopic (exact) mass is 732 g/mol. The van der Waals surface area contributed by atoms with Crippen LogP contribution in [0.1, 0.15) is 126 Å². The Hall–Kier alpha value is -4.42. The highest BCUT2D eigenvalue weighted by molar-refractivity contribution is 5.99. The molecule has 0 fully saturated rings. The Morgan fingerprint density at radius 2 is 1.35 bits per heavy atom. The van der Waals surface area contributed by atoms with Crippen molar-refractivity contribution in [2.24, 2.45) is 11.8 Å². The second-order valence-electron chi connectivity index (χ2n) is 13.3. The van der Waals surface area contributed by atoms with Gasteiger partial charge in [-0.2, -0.15) is 0 Å². The van der Waals surface area contributed by atoms with Crippen LogP contribution in [-0.4, -0.2) is 69.4 Å². The van der Waals surface area contributed by atoms with Gasteiger partial charge < -0.3 is 33.2 Å². The summed E-state index contributed by atoms with van der Waals surface area (Å²) in [5, 5.41) is 0. The van der Waals surface area contributed by atoms with Crippen LogP contribution in [0.15, 0.2) is 11.6 Å². The number of esters is 6. The molecule has 1 heterocycles. The summed E-state index contributed by atoms with van der Waals surface area (Å²) in [6, 6.07) is 0. The van der Waals surface area contributed by atoms with Gasteiger partial charge in [-0.1, -0.05) is 64.0 Å². The predicted octanol–water partition coefficient (Wildman–Crippen LogP) is 6.45. The van der Waals surface area contributed by atoms with E-state index in [-0.39, 0.29) is 49.4 Å². The summed E-state index contributed by atoms with van der Waals surface area (Å²) >= 11 is 0. The molecule has 2 unspecified atom stereocenters. The lowest BCUT2D eigenvalue weighted by molar-refractivity contribution is -0.168. The Labute approximate surface area is 307 Å². The lowest BCUT2D eigenvalue weighted by Gasteiger charge is -2.20. The SMILES string of the molecule is COC(=O)CC/C(C)=C/Cc1c(OC)c(C)c2c(c1OC(=O)C(C)CCCCCCCCC(C)C(=O)OC(COC(C)=O)COC(C)=O)C(=O)OC2. The summed E-state index contributed by atoms with van der Waals surface area (Å²) in [4.78, 5) is 72.6. The highest BCUT2D eigenvalue weighted by atomic mass is 16.6. The zero-order valence-electron chi connectivity index (χ0n) is 32.0. The quantitative estimate of drug-likeness (QED) is 0.0396. The van der Waals surface area contributed by atoms with Crippen molar-refractivity contribution in [3.63, 3.8) is 0 Å². The molecule has 0 N–H and O–H groups in total. The third-order valence-electron chi connectivity index (χ3n) is 8.99. The molecule has 1 aromatic rings. The summed E-state index contributed by atoms with van der Waals surface area (Å²) in [5.41, 5.74) is 3.15. The van der Waals surface area contributed by atoms with E-state index in [0.717, 1.165) is 49.7 Å². The van der Waals surface area contributed by atoms with E-state index in [4.69, 9.17) is 33.2 Å². The first-order chi connectivity index (χ1) is 24.7. The van der Waals surface area contributed by atoms with Gasteiger partial charge in [0.2, 0.25) is 0 Å². The van der Waals surface area contributed by atoms with Gasteiger partial charge >= 0.3 is 35.8 Å². The number of fused-ring (bicyclic) bond motifs is 1. The first-order valence-corrected chi connectivity index (χ1v) is 18.0. The molecule has 1 aliphatic rings. The maximum atomic E-state index is 13.4. The lowest BCUT2D eigenvalue weighted by atomic mass is 9.94. The first kappa shape index (κ1) is 43.7. The van der Waals surface area contributed by atoms with Gasteiger partial charge in [0.25, 0.3) is 0 Å². The average molecular weight is 733 g/mol. The lowest BCUT2D eigenvalue weighted by Crippen LogP contribution is -2.32. The normalized spacial score (nSPS) is 13.5. The van der Waals surface area contributed by atoms with Crippen molar-refractivity contribution in [3.8, 4) is 11.5 Å². The third-order valence-corrected chi connectivity index (χ3v) is 8.99. The molecule has 0 bridgehead atoms. The van der Waals surface area contributed by atoms with Gasteiger partial charge in [-0.3, -0.25) is 24.0 Å². The highest BCUT2D eigenvalue weighted by Crippen LogP contribution is 2.43. The minimum Gasteiger partial charge on any atom is -0.496 e. The van der Waals surface area contributed by atoms with Gasteiger partial charge in [0.05, 0.1) is 26.1 Å². The second kappa shape index (κ2) is 22.5. The van der Waals surface area contributed by atoms with E-state index in [1.807, 2.05) is 26.8 Å². The molecule has 52 heavy (non-hydrogen) atoms. The van der Waals surface area contributed by atoms with E-state index in [1.165, 1.54) is 28.1 Å². The number of hydrogen-bond acceptors (Lipinski definition) is 13. The van der Waals surface area contributed by atoms with Crippen molar-refractivity contribution in [1.29, 1.82) is 0 Å². The number of unbranched alkanes of at least 4 members (excludes halogenated alkanes) is 5. The molecule has 0 saturated heterocycles. The van der Waals surface area contributed by atoms with Crippen molar-refractivity contribution in [2.45, 2.75) is 125 Å². The summed E-state index contributed by atoms with van der Waals surface area (Å²) in [7, 11) is 2.88. The van der Waals surface area contributed by atoms with E-state index >= 15 is 0 Å². The van der Waals surface area contributed by atoms with Gasteiger partial charge in [0.15, 0.2) is 11.9 Å². The van der Waals surface area contributed by atoms with Crippen LogP contribution in [0.2, 0.25) is 0 Å². The Balaban J connectivity index is 1.88. The molecule has 13 nitrogen and oxygen atoms in total. The zero-order valence-corrected chi connectivity index (χ0v) is 32.0. The zero-order chi connectivity index (χ0) is 38.8. The Morgan fingerprint density at radius 3 is 1.88 bits per heavy atom. The molecule has 1 aliphatic heterocycles. The number of methoxy groups -OCH3 is 2. The van der Waals surface area contributed by atoms with Crippen molar-refractivity contribution in [3.05, 3.63) is 33.9 Å². The van der Waals surface area contributed by atoms with Crippen molar-refractivity contribution < 1.29 is 61.9 Å². The fraction of sp³-hybridized carbons (Fsp3) is 0.641. The van der Waals surface area contributed by atoms with Crippen molar-refractivity contribution in [2.75, 3.05) is 27.4 Å². The second-order valence-corrected chi connectivity index (χ2v) is 13.3. The van der Waals surface area contributed by atoms with Crippen LogP contribution in [-0.2, 0) is 60.7 Å². The molecule has 1 aromatic carbocycles. The van der Waals surface area contributed by atoms with E-state index in [1.54, 1.807) is 6.92 Å². The van der Waals surface area contributed by atoms with Crippen LogP contribution in [0.4, 0.5) is 0 Å². The van der Waals surface area contributed by atoms with Crippen LogP contribution in [0.3, 0.4) is 0 Å². The molecule has 0 saturated carbocycles. The van der Waals surface area contributed by atoms with E-state index in [0.29, 0.717) is 42.6 Å². The maximum Gasteiger partial charge on any atom is 0.342 e. The topological polar surface area (TPSA) is 167 Å². The Bertz CT molecular complexity index is 1430. The molecule has 0 spiro atoms. The minimum atomic E-state index is -0.863. The minimum absolute atomic E-state index is 0.0729. The van der Waals surface area contributed by atoms with Gasteiger partial charge in [-0.15, -0.1) is 0 Å². The van der Waals surface area contributed by atoms with Gasteiger partial charge in [-0.25, -0.2) is 4.79 Å². The molecule has 0 aliphatic carbocycles. The fourth-order valence-corrected chi connectivity index (χ4v) is 5.76. The van der Waals surface area contributed by atoms with Gasteiger partial charge in [-0.05, 0) is 45.1 Å². The highest BCUT2D eigenvalue weighted by Gasteiger charge is 2.34. The average Bonchev–Trinajstić information content (AvgIpc) is 3.50. The summed E-state index contributed by atoms with van der Waals surface area (Å²) in [6.45, 7) is 9.52. The predicted molar refractivity (Wildman–Crippen MR) is 190 cm³/mol. The van der Waals surface area contributed by atoms with Crippen LogP contribution in [0, 0.1) is 18.8 Å². The summed E-state index contributed by atoms with van der Waals surface area (Å²) in [5.74, 6) is -2.87. The number of carbonyl (C=O) groups excluding carboxylic acids is 6. The van der Waals surface area contributed by atoms with Crippen LogP contribution in [0.25, 0.3) is 0 Å².